The summed E-state index contributed by atoms with van der Waals surface area (Å²) in [5, 5.41) is 0. The van der Waals surface area contributed by atoms with Gasteiger partial charge in [-0.15, -0.1) is 0 Å². The Morgan fingerprint density at radius 2 is 1.02 bits per heavy atom. The fraction of sp³-hybridized carbons (Fsp3) is 0.368. The Morgan fingerprint density at radius 1 is 0.458 bits per heavy atom. The van der Waals surface area contributed by atoms with Crippen LogP contribution < -0.4 is 4.90 Å². The minimum Gasteiger partial charge on any atom is -0.310 e. The molecule has 2 heteroatoms. The zero-order valence-corrected chi connectivity index (χ0v) is 36.6. The number of hydrogen-bond acceptors (Lipinski definition) is 2. The lowest BCUT2D eigenvalue weighted by molar-refractivity contribution is -0.0443. The SMILES string of the molecule is CC1(C)CCC(C)(C)c2cc(N(c3ccc(-c4cccc5c4Sc4ccccc4C54C5CC6CC(C5)CC4C6)cc3)c3ccc4c(c3)C(C)(C)c3ccccc3-4)ccc21. The maximum absolute atomic E-state index is 2.54. The summed E-state index contributed by atoms with van der Waals surface area (Å²) in [5.74, 6) is 3.38. The van der Waals surface area contributed by atoms with Crippen LogP contribution in [0, 0.1) is 23.7 Å². The molecule has 1 nitrogen and oxygen atoms in total. The van der Waals surface area contributed by atoms with Crippen molar-refractivity contribution in [2.45, 2.75) is 118 Å². The zero-order valence-electron chi connectivity index (χ0n) is 35.7. The van der Waals surface area contributed by atoms with E-state index in [1.165, 1.54) is 116 Å². The zero-order chi connectivity index (χ0) is 40.1. The maximum Gasteiger partial charge on any atom is 0.0465 e. The van der Waals surface area contributed by atoms with Crippen molar-refractivity contribution in [1.82, 2.24) is 0 Å². The molecule has 0 aromatic heterocycles. The van der Waals surface area contributed by atoms with Gasteiger partial charge in [0.1, 0.15) is 0 Å². The number of rotatable bonds is 4. The number of hydrogen-bond donors (Lipinski definition) is 0. The van der Waals surface area contributed by atoms with Crippen LogP contribution >= 0.6 is 11.8 Å². The van der Waals surface area contributed by atoms with E-state index in [9.17, 15) is 0 Å². The summed E-state index contributed by atoms with van der Waals surface area (Å²) in [7, 11) is 0. The van der Waals surface area contributed by atoms with Crippen LogP contribution in [0.15, 0.2) is 137 Å². The molecule has 4 saturated carbocycles. The largest absolute Gasteiger partial charge is 0.310 e. The lowest BCUT2D eigenvalue weighted by atomic mass is 9.42. The van der Waals surface area contributed by atoms with E-state index in [2.05, 4.69) is 174 Å². The van der Waals surface area contributed by atoms with E-state index in [1.807, 2.05) is 11.8 Å². The van der Waals surface area contributed by atoms with Crippen molar-refractivity contribution in [1.29, 1.82) is 0 Å². The van der Waals surface area contributed by atoms with E-state index in [0.717, 1.165) is 23.7 Å². The normalized spacial score (nSPS) is 26.7. The summed E-state index contributed by atoms with van der Waals surface area (Å²) < 4.78 is 0. The second-order valence-corrected chi connectivity index (χ2v) is 22.3. The first-order valence-electron chi connectivity index (χ1n) is 22.6. The Bertz CT molecular complexity index is 2660. The molecule has 4 fully saturated rings. The van der Waals surface area contributed by atoms with Gasteiger partial charge in [0, 0.05) is 37.7 Å². The number of anilines is 3. The third-order valence-electron chi connectivity index (χ3n) is 16.8. The van der Waals surface area contributed by atoms with E-state index in [0.29, 0.717) is 0 Å². The number of benzene rings is 6. The molecule has 1 aliphatic heterocycles. The van der Waals surface area contributed by atoms with Crippen LogP contribution in [0.2, 0.25) is 0 Å². The topological polar surface area (TPSA) is 3.24 Å². The highest BCUT2D eigenvalue weighted by Gasteiger charge is 2.60. The van der Waals surface area contributed by atoms with Crippen LogP contribution in [0.25, 0.3) is 22.3 Å². The van der Waals surface area contributed by atoms with Gasteiger partial charge in [-0.3, -0.25) is 0 Å². The second-order valence-electron chi connectivity index (χ2n) is 21.2. The molecule has 0 unspecified atom stereocenters. The molecule has 0 saturated heterocycles. The molecule has 0 amide bonds. The lowest BCUT2D eigenvalue weighted by Gasteiger charge is -2.63. The first kappa shape index (κ1) is 36.3. The van der Waals surface area contributed by atoms with Crippen LogP contribution in [0.1, 0.15) is 120 Å². The smallest absolute Gasteiger partial charge is 0.0465 e. The molecule has 7 aliphatic rings. The van der Waals surface area contributed by atoms with Crippen molar-refractivity contribution in [3.8, 4) is 22.3 Å². The van der Waals surface area contributed by atoms with Crippen molar-refractivity contribution < 1.29 is 0 Å². The van der Waals surface area contributed by atoms with Crippen LogP contribution in [-0.4, -0.2) is 0 Å². The monoisotopic (exact) mass is 787 g/mol. The van der Waals surface area contributed by atoms with Crippen LogP contribution in [-0.2, 0) is 21.7 Å². The lowest BCUT2D eigenvalue weighted by Crippen LogP contribution is -2.57. The quantitative estimate of drug-likeness (QED) is 0.175. The van der Waals surface area contributed by atoms with Crippen LogP contribution in [0.4, 0.5) is 17.1 Å². The molecule has 6 aromatic rings. The van der Waals surface area contributed by atoms with E-state index in [-0.39, 0.29) is 21.7 Å². The van der Waals surface area contributed by atoms with Crippen LogP contribution in [0.5, 0.6) is 0 Å². The van der Waals surface area contributed by atoms with Crippen molar-refractivity contribution in [2.75, 3.05) is 4.90 Å². The fourth-order valence-corrected chi connectivity index (χ4v) is 15.3. The first-order valence-corrected chi connectivity index (χ1v) is 23.5. The highest BCUT2D eigenvalue weighted by atomic mass is 32.2. The molecular weight excluding hydrogens is 731 g/mol. The van der Waals surface area contributed by atoms with E-state index in [1.54, 1.807) is 11.1 Å². The Kier molecular flexibility index (Phi) is 7.70. The van der Waals surface area contributed by atoms with Gasteiger partial charge in [-0.2, -0.15) is 0 Å². The molecular formula is C57H57NS. The van der Waals surface area contributed by atoms with Crippen molar-refractivity contribution in [2.24, 2.45) is 23.7 Å². The van der Waals surface area contributed by atoms with E-state index >= 15 is 0 Å². The minimum absolute atomic E-state index is 0.0728. The van der Waals surface area contributed by atoms with Gasteiger partial charge in [0.15, 0.2) is 0 Å². The molecule has 0 radical (unpaired) electrons. The highest BCUT2D eigenvalue weighted by molar-refractivity contribution is 7.99. The number of fused-ring (bicyclic) bond motifs is 6. The molecule has 0 N–H and O–H groups in total. The van der Waals surface area contributed by atoms with Gasteiger partial charge < -0.3 is 4.90 Å². The summed E-state index contributed by atoms with van der Waals surface area (Å²) in [6, 6.07) is 50.1. The van der Waals surface area contributed by atoms with Crippen molar-refractivity contribution in [3.05, 3.63) is 161 Å². The van der Waals surface area contributed by atoms with Crippen LogP contribution in [0.3, 0.4) is 0 Å². The standard InChI is InChI=1S/C57H57NS/c1-54(2)26-27-55(3,4)51-34-42(23-25-47(51)54)58(41-22-24-45-44-12-7-8-14-46(44)56(5,6)50(45)33-41)40-20-18-37(19-21-40)43-13-11-16-49-53(43)59-52-17-10-9-15-48(52)57(49)38-29-35-28-36(31-38)32-39(57)30-35/h7-25,33-36,38-39H,26-32H2,1-6H3. The van der Waals surface area contributed by atoms with Gasteiger partial charge in [-0.25, -0.2) is 0 Å². The summed E-state index contributed by atoms with van der Waals surface area (Å²) in [5.41, 5.74) is 18.5. The average Bonchev–Trinajstić information content (AvgIpc) is 3.46. The Hall–Kier alpha value is -4.53. The predicted molar refractivity (Wildman–Crippen MR) is 248 cm³/mol. The van der Waals surface area contributed by atoms with Gasteiger partial charge in [-0.1, -0.05) is 138 Å². The summed E-state index contributed by atoms with van der Waals surface area (Å²) in [4.78, 5) is 5.53. The van der Waals surface area contributed by atoms with Gasteiger partial charge in [0.2, 0.25) is 0 Å². The van der Waals surface area contributed by atoms with Gasteiger partial charge >= 0.3 is 0 Å². The predicted octanol–water partition coefficient (Wildman–Crippen LogP) is 15.7. The summed E-state index contributed by atoms with van der Waals surface area (Å²) >= 11 is 2.03. The molecule has 1 spiro atoms. The summed E-state index contributed by atoms with van der Waals surface area (Å²) in [6.45, 7) is 14.6. The number of nitrogens with zero attached hydrogens (tertiary/aromatic N) is 1. The third kappa shape index (κ3) is 5.11. The second kappa shape index (κ2) is 12.5. The molecule has 13 rings (SSSR count). The Morgan fingerprint density at radius 3 is 1.75 bits per heavy atom. The van der Waals surface area contributed by atoms with Crippen molar-refractivity contribution in [3.63, 3.8) is 0 Å². The third-order valence-corrected chi connectivity index (χ3v) is 18.0. The maximum atomic E-state index is 2.54. The Balaban J connectivity index is 0.993. The fourth-order valence-electron chi connectivity index (χ4n) is 13.9. The molecule has 6 aliphatic carbocycles. The van der Waals surface area contributed by atoms with Gasteiger partial charge in [0.05, 0.1) is 0 Å². The summed E-state index contributed by atoms with van der Waals surface area (Å²) in [6.07, 6.45) is 9.52. The van der Waals surface area contributed by atoms with Gasteiger partial charge in [0.25, 0.3) is 0 Å². The minimum atomic E-state index is -0.0728. The van der Waals surface area contributed by atoms with E-state index < -0.39 is 0 Å². The highest BCUT2D eigenvalue weighted by Crippen LogP contribution is 2.69. The first-order chi connectivity index (χ1) is 28.4. The molecule has 6 aromatic carbocycles. The molecule has 0 atom stereocenters. The Labute approximate surface area is 356 Å². The van der Waals surface area contributed by atoms with Crippen molar-refractivity contribution >= 4 is 28.8 Å². The molecule has 4 bridgehead atoms. The molecule has 1 heterocycles. The molecule has 59 heavy (non-hydrogen) atoms. The van der Waals surface area contributed by atoms with E-state index in [4.69, 9.17) is 0 Å². The van der Waals surface area contributed by atoms with Gasteiger partial charge in [-0.05, 0) is 178 Å². The molecule has 296 valence electrons. The average molecular weight is 788 g/mol.